The predicted octanol–water partition coefficient (Wildman–Crippen LogP) is 1.98. The Kier molecular flexibility index (Phi) is 7.40. The van der Waals surface area contributed by atoms with Gasteiger partial charge in [-0.3, -0.25) is 0 Å². The van der Waals surface area contributed by atoms with E-state index >= 15 is 0 Å². The Hall–Kier alpha value is -1.17. The van der Waals surface area contributed by atoms with Crippen LogP contribution in [0.4, 0.5) is 4.39 Å². The van der Waals surface area contributed by atoms with E-state index < -0.39 is 0 Å². The standard InChI is InChI=1S/C14H22FNO3/c1-11(18-3)10-19-14-5-4-13(15)8-12(14)9-16-6-7-17-2/h4-5,8,11,16H,6-7,9-10H2,1-3H3. The second-order valence-electron chi connectivity index (χ2n) is 4.28. The summed E-state index contributed by atoms with van der Waals surface area (Å²) in [4.78, 5) is 0. The summed E-state index contributed by atoms with van der Waals surface area (Å²) >= 11 is 0. The zero-order valence-corrected chi connectivity index (χ0v) is 11.7. The third kappa shape index (κ3) is 6.00. The first-order valence-electron chi connectivity index (χ1n) is 6.31. The Bertz CT molecular complexity index is 374. The number of rotatable bonds is 9. The minimum Gasteiger partial charge on any atom is -0.491 e. The number of halogens is 1. The Morgan fingerprint density at radius 1 is 1.32 bits per heavy atom. The largest absolute Gasteiger partial charge is 0.491 e. The first kappa shape index (κ1) is 15.9. The van der Waals surface area contributed by atoms with Crippen molar-refractivity contribution in [2.75, 3.05) is 34.0 Å². The molecule has 0 radical (unpaired) electrons. The van der Waals surface area contributed by atoms with Crippen LogP contribution >= 0.6 is 0 Å². The van der Waals surface area contributed by atoms with Gasteiger partial charge in [-0.05, 0) is 25.1 Å². The molecule has 0 heterocycles. The normalized spacial score (nSPS) is 12.4. The van der Waals surface area contributed by atoms with E-state index in [4.69, 9.17) is 14.2 Å². The molecule has 0 saturated heterocycles. The van der Waals surface area contributed by atoms with Gasteiger partial charge >= 0.3 is 0 Å². The van der Waals surface area contributed by atoms with E-state index in [2.05, 4.69) is 5.32 Å². The second kappa shape index (κ2) is 8.85. The molecule has 5 heteroatoms. The molecule has 108 valence electrons. The topological polar surface area (TPSA) is 39.7 Å². The summed E-state index contributed by atoms with van der Waals surface area (Å²) in [7, 11) is 3.27. The quantitative estimate of drug-likeness (QED) is 0.697. The van der Waals surface area contributed by atoms with E-state index in [1.807, 2.05) is 6.92 Å². The summed E-state index contributed by atoms with van der Waals surface area (Å²) in [6.07, 6.45) is -0.000598. The molecule has 0 spiro atoms. The van der Waals surface area contributed by atoms with Gasteiger partial charge < -0.3 is 19.5 Å². The van der Waals surface area contributed by atoms with Crippen molar-refractivity contribution in [2.45, 2.75) is 19.6 Å². The Morgan fingerprint density at radius 3 is 2.79 bits per heavy atom. The lowest BCUT2D eigenvalue weighted by Gasteiger charge is -2.15. The van der Waals surface area contributed by atoms with Gasteiger partial charge in [-0.15, -0.1) is 0 Å². The highest BCUT2D eigenvalue weighted by molar-refractivity contribution is 5.34. The second-order valence-corrected chi connectivity index (χ2v) is 4.28. The van der Waals surface area contributed by atoms with Gasteiger partial charge in [0, 0.05) is 32.9 Å². The number of nitrogens with one attached hydrogen (secondary N) is 1. The lowest BCUT2D eigenvalue weighted by molar-refractivity contribution is 0.0712. The van der Waals surface area contributed by atoms with Gasteiger partial charge in [-0.2, -0.15) is 0 Å². The predicted molar refractivity (Wildman–Crippen MR) is 71.9 cm³/mol. The Balaban J connectivity index is 2.58. The highest BCUT2D eigenvalue weighted by atomic mass is 19.1. The van der Waals surface area contributed by atoms with Gasteiger partial charge in [0.15, 0.2) is 0 Å². The van der Waals surface area contributed by atoms with Crippen molar-refractivity contribution in [3.8, 4) is 5.75 Å². The smallest absolute Gasteiger partial charge is 0.124 e. The molecule has 1 aromatic rings. The maximum Gasteiger partial charge on any atom is 0.124 e. The first-order chi connectivity index (χ1) is 9.17. The number of benzene rings is 1. The Morgan fingerprint density at radius 2 is 2.11 bits per heavy atom. The highest BCUT2D eigenvalue weighted by Crippen LogP contribution is 2.20. The molecule has 1 rings (SSSR count). The van der Waals surface area contributed by atoms with Crippen LogP contribution in [0.2, 0.25) is 0 Å². The lowest BCUT2D eigenvalue weighted by atomic mass is 10.2. The maximum atomic E-state index is 13.3. The molecule has 1 aromatic carbocycles. The van der Waals surface area contributed by atoms with E-state index in [1.54, 1.807) is 20.3 Å². The van der Waals surface area contributed by atoms with E-state index in [1.165, 1.54) is 12.1 Å². The molecule has 19 heavy (non-hydrogen) atoms. The van der Waals surface area contributed by atoms with Crippen LogP contribution < -0.4 is 10.1 Å². The average molecular weight is 271 g/mol. The molecule has 0 bridgehead atoms. The van der Waals surface area contributed by atoms with Crippen molar-refractivity contribution in [3.05, 3.63) is 29.6 Å². The highest BCUT2D eigenvalue weighted by Gasteiger charge is 2.07. The van der Waals surface area contributed by atoms with Crippen LogP contribution in [0.25, 0.3) is 0 Å². The molecule has 1 unspecified atom stereocenters. The average Bonchev–Trinajstić information content (AvgIpc) is 2.42. The van der Waals surface area contributed by atoms with Crippen molar-refractivity contribution >= 4 is 0 Å². The fourth-order valence-electron chi connectivity index (χ4n) is 1.50. The van der Waals surface area contributed by atoms with E-state index in [-0.39, 0.29) is 11.9 Å². The molecule has 0 aliphatic carbocycles. The number of ether oxygens (including phenoxy) is 3. The van der Waals surface area contributed by atoms with Crippen LogP contribution in [-0.4, -0.2) is 40.1 Å². The van der Waals surface area contributed by atoms with Crippen LogP contribution in [0.15, 0.2) is 18.2 Å². The van der Waals surface area contributed by atoms with Crippen molar-refractivity contribution < 1.29 is 18.6 Å². The molecule has 0 aliphatic rings. The number of hydrogen-bond acceptors (Lipinski definition) is 4. The number of methoxy groups -OCH3 is 2. The molecule has 0 saturated carbocycles. The zero-order valence-electron chi connectivity index (χ0n) is 11.7. The van der Waals surface area contributed by atoms with Gasteiger partial charge in [-0.25, -0.2) is 4.39 Å². The molecule has 0 aromatic heterocycles. The molecular weight excluding hydrogens is 249 g/mol. The molecule has 0 fully saturated rings. The summed E-state index contributed by atoms with van der Waals surface area (Å²) in [6.45, 7) is 4.22. The van der Waals surface area contributed by atoms with Gasteiger partial charge in [-0.1, -0.05) is 0 Å². The van der Waals surface area contributed by atoms with Crippen LogP contribution in [0, 0.1) is 5.82 Å². The van der Waals surface area contributed by atoms with E-state index in [0.717, 1.165) is 5.56 Å². The summed E-state index contributed by atoms with van der Waals surface area (Å²) in [5.74, 6) is 0.408. The summed E-state index contributed by atoms with van der Waals surface area (Å²) in [6, 6.07) is 4.52. The van der Waals surface area contributed by atoms with Crippen LogP contribution in [0.5, 0.6) is 5.75 Å². The van der Waals surface area contributed by atoms with E-state index in [9.17, 15) is 4.39 Å². The molecule has 4 nitrogen and oxygen atoms in total. The van der Waals surface area contributed by atoms with Gasteiger partial charge in [0.2, 0.25) is 0 Å². The van der Waals surface area contributed by atoms with Crippen LogP contribution in [-0.2, 0) is 16.0 Å². The molecule has 0 aliphatic heterocycles. The third-order valence-corrected chi connectivity index (χ3v) is 2.70. The Labute approximate surface area is 113 Å². The SMILES string of the molecule is COCCNCc1cc(F)ccc1OCC(C)OC. The van der Waals surface area contributed by atoms with Gasteiger partial charge in [0.25, 0.3) is 0 Å². The fraction of sp³-hybridized carbons (Fsp3) is 0.571. The van der Waals surface area contributed by atoms with Crippen molar-refractivity contribution in [3.63, 3.8) is 0 Å². The van der Waals surface area contributed by atoms with Gasteiger partial charge in [0.05, 0.1) is 12.7 Å². The molecular formula is C14H22FNO3. The van der Waals surface area contributed by atoms with Gasteiger partial charge in [0.1, 0.15) is 18.2 Å². The lowest BCUT2D eigenvalue weighted by Crippen LogP contribution is -2.20. The fourth-order valence-corrected chi connectivity index (χ4v) is 1.50. The van der Waals surface area contributed by atoms with Crippen molar-refractivity contribution in [2.24, 2.45) is 0 Å². The summed E-state index contributed by atoms with van der Waals surface area (Å²) < 4.78 is 29.0. The van der Waals surface area contributed by atoms with Crippen LogP contribution in [0.3, 0.4) is 0 Å². The molecule has 0 amide bonds. The number of hydrogen-bond donors (Lipinski definition) is 1. The summed E-state index contributed by atoms with van der Waals surface area (Å²) in [5, 5.41) is 3.17. The minimum atomic E-state index is -0.268. The maximum absolute atomic E-state index is 13.3. The first-order valence-corrected chi connectivity index (χ1v) is 6.31. The monoisotopic (exact) mass is 271 g/mol. The van der Waals surface area contributed by atoms with E-state index in [0.29, 0.717) is 32.1 Å². The summed E-state index contributed by atoms with van der Waals surface area (Å²) in [5.41, 5.74) is 0.791. The van der Waals surface area contributed by atoms with Crippen molar-refractivity contribution in [1.82, 2.24) is 5.32 Å². The van der Waals surface area contributed by atoms with Crippen molar-refractivity contribution in [1.29, 1.82) is 0 Å². The zero-order chi connectivity index (χ0) is 14.1. The molecule has 1 N–H and O–H groups in total. The van der Waals surface area contributed by atoms with Crippen LogP contribution in [0.1, 0.15) is 12.5 Å². The third-order valence-electron chi connectivity index (χ3n) is 2.70. The minimum absolute atomic E-state index is 0.000598. The molecule has 1 atom stereocenters.